The van der Waals surface area contributed by atoms with Crippen molar-refractivity contribution in [2.45, 2.75) is 11.8 Å². The SMILES string of the molecule is Cc1ccccc1S(F)(F)(F)(F)F. The van der Waals surface area contributed by atoms with Gasteiger partial charge in [0.05, 0.1) is 0 Å². The minimum Gasteiger partial charge on any atom is -0.0936 e. The summed E-state index contributed by atoms with van der Waals surface area (Å²) in [5.41, 5.74) is -0.457. The maximum absolute atomic E-state index is 12.2. The first-order valence-corrected chi connectivity index (χ1v) is 5.25. The predicted molar refractivity (Wildman–Crippen MR) is 42.6 cm³/mol. The number of rotatable bonds is 1. The van der Waals surface area contributed by atoms with Crippen molar-refractivity contribution in [3.05, 3.63) is 29.8 Å². The summed E-state index contributed by atoms with van der Waals surface area (Å²) >= 11 is 0. The topological polar surface area (TPSA) is 0 Å². The first-order chi connectivity index (χ1) is 5.50. The standard InChI is InChI=1S/C7H7F5S/c1-6-4-2-3-5-7(6)13(8,9,10,11)12/h2-5H,1H3. The van der Waals surface area contributed by atoms with E-state index in [-0.39, 0.29) is 0 Å². The highest BCUT2D eigenvalue weighted by Crippen LogP contribution is 3.02. The molecule has 0 aliphatic heterocycles. The molecular formula is C7H7F5S. The van der Waals surface area contributed by atoms with E-state index in [1.165, 1.54) is 6.07 Å². The molecule has 0 nitrogen and oxygen atoms in total. The van der Waals surface area contributed by atoms with Crippen molar-refractivity contribution in [3.8, 4) is 0 Å². The van der Waals surface area contributed by atoms with Crippen molar-refractivity contribution < 1.29 is 19.4 Å². The third-order valence-electron chi connectivity index (χ3n) is 1.51. The summed E-state index contributed by atoms with van der Waals surface area (Å²) in [6.45, 7) is 1.01. The smallest absolute Gasteiger partial charge is 0.0936 e. The normalized spacial score (nSPS) is 17.7. The number of benzene rings is 1. The van der Waals surface area contributed by atoms with Crippen LogP contribution < -0.4 is 0 Å². The molecule has 0 spiro atoms. The Balaban J connectivity index is 3.50. The van der Waals surface area contributed by atoms with Crippen LogP contribution in [0.2, 0.25) is 0 Å². The molecule has 0 aliphatic carbocycles. The summed E-state index contributed by atoms with van der Waals surface area (Å²) in [6, 6.07) is 3.63. The van der Waals surface area contributed by atoms with Crippen LogP contribution in [-0.4, -0.2) is 0 Å². The monoisotopic (exact) mass is 218 g/mol. The molecule has 0 fully saturated rings. The van der Waals surface area contributed by atoms with Gasteiger partial charge in [0.25, 0.3) is 0 Å². The lowest BCUT2D eigenvalue weighted by Gasteiger charge is -2.41. The van der Waals surface area contributed by atoms with Crippen LogP contribution in [-0.2, 0) is 0 Å². The Hall–Kier alpha value is -0.780. The molecule has 6 heteroatoms. The quantitative estimate of drug-likeness (QED) is 0.602. The largest absolute Gasteiger partial charge is 0.310 e. The zero-order chi connectivity index (χ0) is 10.4. The second-order valence-electron chi connectivity index (χ2n) is 2.73. The van der Waals surface area contributed by atoms with E-state index in [0.717, 1.165) is 19.1 Å². The lowest BCUT2D eigenvalue weighted by Crippen LogP contribution is -2.07. The summed E-state index contributed by atoms with van der Waals surface area (Å²) in [5.74, 6) is 0. The first kappa shape index (κ1) is 10.3. The van der Waals surface area contributed by atoms with Crippen molar-refractivity contribution >= 4 is 10.2 Å². The highest BCUT2D eigenvalue weighted by Gasteiger charge is 2.65. The minimum atomic E-state index is -9.48. The van der Waals surface area contributed by atoms with Crippen molar-refractivity contribution in [1.82, 2.24) is 0 Å². The molecule has 0 aliphatic rings. The van der Waals surface area contributed by atoms with Crippen LogP contribution in [0, 0.1) is 6.92 Å². The maximum Gasteiger partial charge on any atom is 0.310 e. The molecule has 76 valence electrons. The number of hydrogen-bond donors (Lipinski definition) is 0. The summed E-state index contributed by atoms with van der Waals surface area (Å²) < 4.78 is 61.0. The van der Waals surface area contributed by atoms with E-state index >= 15 is 0 Å². The highest BCUT2D eigenvalue weighted by atomic mass is 32.5. The number of hydrogen-bond acceptors (Lipinski definition) is 0. The van der Waals surface area contributed by atoms with Crippen molar-refractivity contribution in [2.75, 3.05) is 0 Å². The van der Waals surface area contributed by atoms with Gasteiger partial charge in [-0.05, 0) is 18.6 Å². The minimum absolute atomic E-state index is 0.400. The van der Waals surface area contributed by atoms with Crippen LogP contribution >= 0.6 is 10.2 Å². The molecule has 0 amide bonds. The van der Waals surface area contributed by atoms with Gasteiger partial charge in [-0.2, -0.15) is 0 Å². The molecule has 0 heterocycles. The summed E-state index contributed by atoms with van der Waals surface area (Å²) in [6.07, 6.45) is 0. The van der Waals surface area contributed by atoms with Crippen LogP contribution in [0.15, 0.2) is 29.2 Å². The predicted octanol–water partition coefficient (Wildman–Crippen LogP) is 4.65. The zero-order valence-corrected chi connectivity index (χ0v) is 7.42. The summed E-state index contributed by atoms with van der Waals surface area (Å²) in [5, 5.41) is 0. The molecule has 1 aromatic rings. The molecule has 0 bridgehead atoms. The van der Waals surface area contributed by atoms with Crippen LogP contribution in [0.3, 0.4) is 0 Å². The van der Waals surface area contributed by atoms with E-state index in [4.69, 9.17) is 0 Å². The van der Waals surface area contributed by atoms with E-state index in [9.17, 15) is 19.4 Å². The number of halogens is 5. The molecule has 13 heavy (non-hydrogen) atoms. The highest BCUT2D eigenvalue weighted by molar-refractivity contribution is 8.45. The average molecular weight is 218 g/mol. The van der Waals surface area contributed by atoms with Crippen molar-refractivity contribution in [2.24, 2.45) is 0 Å². The summed E-state index contributed by atoms with van der Waals surface area (Å²) in [4.78, 5) is -1.80. The zero-order valence-electron chi connectivity index (χ0n) is 6.61. The second-order valence-corrected chi connectivity index (χ2v) is 5.11. The van der Waals surface area contributed by atoms with Crippen molar-refractivity contribution in [3.63, 3.8) is 0 Å². The molecule has 0 atom stereocenters. The van der Waals surface area contributed by atoms with Crippen LogP contribution in [0.4, 0.5) is 19.4 Å². The first-order valence-electron chi connectivity index (χ1n) is 3.30. The molecule has 1 rings (SSSR count). The van der Waals surface area contributed by atoms with Gasteiger partial charge in [-0.25, -0.2) is 0 Å². The average Bonchev–Trinajstić information content (AvgIpc) is 1.82. The second kappa shape index (κ2) is 2.00. The molecule has 0 saturated carbocycles. The van der Waals surface area contributed by atoms with Gasteiger partial charge < -0.3 is 0 Å². The van der Waals surface area contributed by atoms with Gasteiger partial charge in [0.2, 0.25) is 0 Å². The fourth-order valence-corrected chi connectivity index (χ4v) is 2.00. The Labute approximate surface area is 72.1 Å². The fourth-order valence-electron chi connectivity index (χ4n) is 0.989. The van der Waals surface area contributed by atoms with E-state index < -0.39 is 20.7 Å². The van der Waals surface area contributed by atoms with Gasteiger partial charge in [-0.3, -0.25) is 0 Å². The lowest BCUT2D eigenvalue weighted by atomic mass is 10.2. The Bertz CT molecular complexity index is 338. The Morgan fingerprint density at radius 2 is 1.38 bits per heavy atom. The Kier molecular flexibility index (Phi) is 1.58. The lowest BCUT2D eigenvalue weighted by molar-refractivity contribution is 0.363. The summed E-state index contributed by atoms with van der Waals surface area (Å²) in [7, 11) is -9.48. The Morgan fingerprint density at radius 3 is 1.69 bits per heavy atom. The van der Waals surface area contributed by atoms with E-state index in [2.05, 4.69) is 0 Å². The van der Waals surface area contributed by atoms with Crippen LogP contribution in [0.5, 0.6) is 0 Å². The molecule has 0 aromatic heterocycles. The molecule has 0 radical (unpaired) electrons. The molecular weight excluding hydrogens is 211 g/mol. The van der Waals surface area contributed by atoms with Gasteiger partial charge in [-0.1, -0.05) is 37.6 Å². The van der Waals surface area contributed by atoms with E-state index in [0.29, 0.717) is 6.07 Å². The van der Waals surface area contributed by atoms with Crippen molar-refractivity contribution in [1.29, 1.82) is 0 Å². The van der Waals surface area contributed by atoms with Gasteiger partial charge in [0.1, 0.15) is 4.90 Å². The van der Waals surface area contributed by atoms with Gasteiger partial charge in [0.15, 0.2) is 0 Å². The van der Waals surface area contributed by atoms with Crippen LogP contribution in [0.1, 0.15) is 5.56 Å². The van der Waals surface area contributed by atoms with Gasteiger partial charge >= 0.3 is 10.2 Å². The molecule has 0 N–H and O–H groups in total. The van der Waals surface area contributed by atoms with Crippen LogP contribution in [0.25, 0.3) is 0 Å². The fraction of sp³-hybridized carbons (Fsp3) is 0.143. The van der Waals surface area contributed by atoms with Gasteiger partial charge in [0, 0.05) is 0 Å². The molecule has 1 aromatic carbocycles. The van der Waals surface area contributed by atoms with Gasteiger partial charge in [-0.15, -0.1) is 0 Å². The molecule has 0 unspecified atom stereocenters. The van der Waals surface area contributed by atoms with E-state index in [1.807, 2.05) is 0 Å². The third kappa shape index (κ3) is 2.33. The Morgan fingerprint density at radius 1 is 0.923 bits per heavy atom. The molecule has 0 saturated heterocycles. The third-order valence-corrected chi connectivity index (χ3v) is 2.80. The number of aryl methyl sites for hydroxylation is 1. The maximum atomic E-state index is 12.2. The van der Waals surface area contributed by atoms with E-state index in [1.54, 1.807) is 0 Å².